The van der Waals surface area contributed by atoms with Crippen LogP contribution in [0.25, 0.3) is 0 Å². The van der Waals surface area contributed by atoms with Gasteiger partial charge in [-0.2, -0.15) is 0 Å². The fourth-order valence-electron chi connectivity index (χ4n) is 4.26. The van der Waals surface area contributed by atoms with Gasteiger partial charge in [0.05, 0.1) is 0 Å². The smallest absolute Gasteiger partial charge is 0.325 e. The van der Waals surface area contributed by atoms with E-state index in [1.165, 1.54) is 4.90 Å². The van der Waals surface area contributed by atoms with Crippen molar-refractivity contribution in [2.24, 2.45) is 4.99 Å². The molecule has 1 N–H and O–H groups in total. The Balaban J connectivity index is 1.61. The second-order valence-electron chi connectivity index (χ2n) is 7.78. The van der Waals surface area contributed by atoms with E-state index in [0.717, 1.165) is 50.7 Å². The van der Waals surface area contributed by atoms with Crippen LogP contribution >= 0.6 is 11.6 Å². The number of likely N-dealkylation sites (N-methyl/N-ethyl adjacent to an activating group) is 1. The minimum Gasteiger partial charge on any atom is -0.340 e. The highest BCUT2D eigenvalue weighted by atomic mass is 35.5. The van der Waals surface area contributed by atoms with E-state index in [4.69, 9.17) is 16.6 Å². The first-order valence-electron chi connectivity index (χ1n) is 10.1. The molecule has 3 aliphatic heterocycles. The van der Waals surface area contributed by atoms with Gasteiger partial charge in [0.1, 0.15) is 0 Å². The number of nitrogens with zero attached hydrogens (tertiary/aromatic N) is 5. The van der Waals surface area contributed by atoms with Gasteiger partial charge in [-0.05, 0) is 30.7 Å². The van der Waals surface area contributed by atoms with Gasteiger partial charge in [0, 0.05) is 44.8 Å². The van der Waals surface area contributed by atoms with E-state index >= 15 is 0 Å². The van der Waals surface area contributed by atoms with Crippen molar-refractivity contribution in [3.63, 3.8) is 0 Å². The molecular formula is C20H27ClN6O2. The fourth-order valence-corrected chi connectivity index (χ4v) is 4.48. The number of urea groups is 1. The molecule has 2 fully saturated rings. The number of amides is 3. The van der Waals surface area contributed by atoms with Crippen LogP contribution in [0.1, 0.15) is 18.9 Å². The van der Waals surface area contributed by atoms with Crippen LogP contribution in [0.5, 0.6) is 0 Å². The molecular weight excluding hydrogens is 392 g/mol. The summed E-state index contributed by atoms with van der Waals surface area (Å²) < 4.78 is 0. The first kappa shape index (κ1) is 20.0. The van der Waals surface area contributed by atoms with E-state index in [9.17, 15) is 9.59 Å². The van der Waals surface area contributed by atoms with Crippen molar-refractivity contribution < 1.29 is 9.59 Å². The quantitative estimate of drug-likeness (QED) is 0.800. The maximum atomic E-state index is 12.7. The molecule has 8 nitrogen and oxygen atoms in total. The molecule has 2 atom stereocenters. The predicted octanol–water partition coefficient (Wildman–Crippen LogP) is 1.42. The van der Waals surface area contributed by atoms with Gasteiger partial charge < -0.3 is 14.7 Å². The number of halogens is 1. The Morgan fingerprint density at radius 2 is 1.97 bits per heavy atom. The Morgan fingerprint density at radius 3 is 2.66 bits per heavy atom. The Hall–Kier alpha value is -2.32. The zero-order valence-electron chi connectivity index (χ0n) is 16.8. The van der Waals surface area contributed by atoms with Crippen LogP contribution in [-0.2, 0) is 11.3 Å². The van der Waals surface area contributed by atoms with Gasteiger partial charge in [-0.15, -0.1) is 0 Å². The molecule has 0 saturated carbocycles. The largest absolute Gasteiger partial charge is 0.340 e. The van der Waals surface area contributed by atoms with E-state index in [2.05, 4.69) is 22.0 Å². The van der Waals surface area contributed by atoms with Crippen molar-refractivity contribution in [2.75, 3.05) is 39.8 Å². The number of benzene rings is 1. The molecule has 2 saturated heterocycles. The molecule has 2 unspecified atom stereocenters. The molecule has 1 aromatic carbocycles. The second kappa shape index (κ2) is 8.20. The lowest BCUT2D eigenvalue weighted by molar-refractivity contribution is -0.127. The molecule has 9 heteroatoms. The lowest BCUT2D eigenvalue weighted by Gasteiger charge is -2.40. The van der Waals surface area contributed by atoms with Gasteiger partial charge in [0.2, 0.25) is 0 Å². The SMILES string of the molecule is CCCN1CCN(C2=NC3C(C(=O)NC(=O)N3C)N2Cc2cccc(Cl)c2)CC1. The van der Waals surface area contributed by atoms with E-state index in [-0.39, 0.29) is 5.91 Å². The van der Waals surface area contributed by atoms with Gasteiger partial charge in [0.25, 0.3) is 5.91 Å². The minimum absolute atomic E-state index is 0.302. The van der Waals surface area contributed by atoms with Gasteiger partial charge >= 0.3 is 6.03 Å². The molecule has 0 aromatic heterocycles. The lowest BCUT2D eigenvalue weighted by atomic mass is 10.1. The summed E-state index contributed by atoms with van der Waals surface area (Å²) >= 11 is 6.17. The summed E-state index contributed by atoms with van der Waals surface area (Å²) in [5.41, 5.74) is 1.00. The van der Waals surface area contributed by atoms with Crippen LogP contribution in [0, 0.1) is 0 Å². The standard InChI is InChI=1S/C20H27ClN6O2/c1-3-7-25-8-10-26(11-9-25)19-22-17-16(18(28)23-20(29)24(17)2)27(19)13-14-5-4-6-15(21)12-14/h4-6,12,16-17H,3,7-11,13H2,1-2H3,(H,23,28,29). The van der Waals surface area contributed by atoms with Gasteiger partial charge in [-0.3, -0.25) is 15.0 Å². The van der Waals surface area contributed by atoms with Crippen molar-refractivity contribution in [1.29, 1.82) is 0 Å². The molecule has 3 amide bonds. The fraction of sp³-hybridized carbons (Fsp3) is 0.550. The van der Waals surface area contributed by atoms with Crippen LogP contribution in [0.4, 0.5) is 4.79 Å². The lowest BCUT2D eigenvalue weighted by Crippen LogP contribution is -2.64. The molecule has 0 radical (unpaired) electrons. The molecule has 0 bridgehead atoms. The molecule has 3 aliphatic rings. The Morgan fingerprint density at radius 1 is 1.21 bits per heavy atom. The summed E-state index contributed by atoms with van der Waals surface area (Å²) in [5.74, 6) is 0.483. The summed E-state index contributed by atoms with van der Waals surface area (Å²) in [6.07, 6.45) is 0.623. The maximum Gasteiger partial charge on any atom is 0.325 e. The molecule has 156 valence electrons. The number of hydrogen-bond acceptors (Lipinski definition) is 6. The zero-order valence-corrected chi connectivity index (χ0v) is 17.6. The number of carbonyl (C=O) groups is 2. The molecule has 1 aromatic rings. The third kappa shape index (κ3) is 3.91. The number of carbonyl (C=O) groups excluding carboxylic acids is 2. The van der Waals surface area contributed by atoms with E-state index in [1.54, 1.807) is 7.05 Å². The van der Waals surface area contributed by atoms with Crippen molar-refractivity contribution >= 4 is 29.5 Å². The molecule has 3 heterocycles. The number of fused-ring (bicyclic) bond motifs is 1. The van der Waals surface area contributed by atoms with Crippen molar-refractivity contribution in [3.8, 4) is 0 Å². The van der Waals surface area contributed by atoms with Crippen molar-refractivity contribution in [1.82, 2.24) is 24.9 Å². The van der Waals surface area contributed by atoms with E-state index in [0.29, 0.717) is 11.6 Å². The van der Waals surface area contributed by atoms with Gasteiger partial charge in [0.15, 0.2) is 18.2 Å². The highest BCUT2D eigenvalue weighted by Crippen LogP contribution is 2.28. The third-order valence-electron chi connectivity index (χ3n) is 5.78. The number of guanidine groups is 1. The number of piperazine rings is 1. The number of nitrogens with one attached hydrogen (secondary N) is 1. The Kier molecular flexibility index (Phi) is 5.65. The first-order valence-corrected chi connectivity index (χ1v) is 10.5. The first-order chi connectivity index (χ1) is 14.0. The van der Waals surface area contributed by atoms with Crippen molar-refractivity contribution in [2.45, 2.75) is 32.1 Å². The summed E-state index contributed by atoms with van der Waals surface area (Å²) in [7, 11) is 1.68. The molecule has 4 rings (SSSR count). The minimum atomic E-state index is -0.541. The predicted molar refractivity (Wildman–Crippen MR) is 112 cm³/mol. The van der Waals surface area contributed by atoms with Crippen molar-refractivity contribution in [3.05, 3.63) is 34.9 Å². The Bertz CT molecular complexity index is 823. The van der Waals surface area contributed by atoms with Gasteiger partial charge in [-0.25, -0.2) is 9.79 Å². The summed E-state index contributed by atoms with van der Waals surface area (Å²) in [6.45, 7) is 7.43. The zero-order chi connectivity index (χ0) is 20.5. The highest BCUT2D eigenvalue weighted by molar-refractivity contribution is 6.30. The Labute approximate surface area is 176 Å². The molecule has 0 spiro atoms. The number of imide groups is 1. The van der Waals surface area contributed by atoms with Crippen LogP contribution < -0.4 is 5.32 Å². The average Bonchev–Trinajstić information content (AvgIpc) is 3.07. The van der Waals surface area contributed by atoms with Crippen LogP contribution in [0.3, 0.4) is 0 Å². The highest BCUT2D eigenvalue weighted by Gasteiger charge is 2.49. The van der Waals surface area contributed by atoms with Gasteiger partial charge in [-0.1, -0.05) is 30.7 Å². The topological polar surface area (TPSA) is 71.5 Å². The summed E-state index contributed by atoms with van der Waals surface area (Å²) in [6, 6.07) is 6.69. The second-order valence-corrected chi connectivity index (χ2v) is 8.22. The number of aliphatic imine (C=N–C) groups is 1. The third-order valence-corrected chi connectivity index (χ3v) is 6.01. The van der Waals surface area contributed by atoms with Crippen LogP contribution in [0.15, 0.2) is 29.3 Å². The normalized spacial score (nSPS) is 25.2. The molecule has 0 aliphatic carbocycles. The monoisotopic (exact) mass is 418 g/mol. The maximum absolute atomic E-state index is 12.7. The summed E-state index contributed by atoms with van der Waals surface area (Å²) in [5, 5.41) is 3.11. The van der Waals surface area contributed by atoms with Crippen LogP contribution in [-0.4, -0.2) is 89.5 Å². The number of hydrogen-bond donors (Lipinski definition) is 1. The molecule has 29 heavy (non-hydrogen) atoms. The van der Waals surface area contributed by atoms with E-state index in [1.807, 2.05) is 29.2 Å². The van der Waals surface area contributed by atoms with E-state index < -0.39 is 18.2 Å². The summed E-state index contributed by atoms with van der Waals surface area (Å²) in [4.78, 5) is 37.9. The van der Waals surface area contributed by atoms with Crippen LogP contribution in [0.2, 0.25) is 5.02 Å². The number of rotatable bonds is 4. The average molecular weight is 419 g/mol.